The van der Waals surface area contributed by atoms with Gasteiger partial charge in [-0.2, -0.15) is 4.39 Å². The quantitative estimate of drug-likeness (QED) is 0.203. The number of carbonyl (C=O) groups is 2. The van der Waals surface area contributed by atoms with Gasteiger partial charge in [0, 0.05) is 11.6 Å². The zero-order valence-corrected chi connectivity index (χ0v) is 23.6. The van der Waals surface area contributed by atoms with Crippen LogP contribution in [0, 0.1) is 10.9 Å². The van der Waals surface area contributed by atoms with Gasteiger partial charge in [0.05, 0.1) is 29.7 Å². The summed E-state index contributed by atoms with van der Waals surface area (Å²) >= 11 is 0.887. The Hall–Kier alpha value is -4.24. The summed E-state index contributed by atoms with van der Waals surface area (Å²) < 4.78 is 44.0. The van der Waals surface area contributed by atoms with Gasteiger partial charge < -0.3 is 14.2 Å². The number of anilines is 1. The first kappa shape index (κ1) is 28.3. The molecule has 1 aromatic heterocycles. The second-order valence-corrected chi connectivity index (χ2v) is 10.8. The molecule has 9 heteroatoms. The molecule has 1 saturated carbocycles. The maximum Gasteiger partial charge on any atom is 0.412 e. The van der Waals surface area contributed by atoms with Crippen molar-refractivity contribution in [1.29, 1.82) is 0 Å². The van der Waals surface area contributed by atoms with Crippen molar-refractivity contribution in [3.05, 3.63) is 94.9 Å². The van der Waals surface area contributed by atoms with Crippen LogP contribution < -0.4 is 10.1 Å². The minimum atomic E-state index is -0.763. The van der Waals surface area contributed by atoms with E-state index in [1.54, 1.807) is 27.0 Å². The lowest BCUT2D eigenvalue weighted by Gasteiger charge is -2.16. The number of esters is 1. The van der Waals surface area contributed by atoms with Crippen LogP contribution in [0.3, 0.4) is 0 Å². The summed E-state index contributed by atoms with van der Waals surface area (Å²) in [5, 5.41) is 2.15. The number of ether oxygens (including phenoxy) is 3. The van der Waals surface area contributed by atoms with Crippen molar-refractivity contribution in [3.63, 3.8) is 0 Å². The zero-order chi connectivity index (χ0) is 29.1. The first-order chi connectivity index (χ1) is 19.7. The lowest BCUT2D eigenvalue weighted by Crippen LogP contribution is -2.23. The van der Waals surface area contributed by atoms with Crippen LogP contribution in [-0.2, 0) is 19.7 Å². The van der Waals surface area contributed by atoms with Crippen LogP contribution in [0.2, 0.25) is 0 Å². The molecule has 4 aromatic rings. The molecule has 1 aliphatic rings. The Kier molecular flexibility index (Phi) is 8.08. The molecular weight excluding hydrogens is 548 g/mol. The number of halogens is 2. The SMILES string of the molecule is CCOC(=O)C1(c2ccc(-c3ccc(-c4sc(F)cc4NC(=O)OC(C)c4ccc(F)cc4)cc3OC)cc2)CC1. The fourth-order valence-corrected chi connectivity index (χ4v) is 5.65. The zero-order valence-electron chi connectivity index (χ0n) is 22.8. The van der Waals surface area contributed by atoms with Crippen LogP contribution >= 0.6 is 11.3 Å². The molecule has 1 heterocycles. The van der Waals surface area contributed by atoms with Gasteiger partial charge in [0.2, 0.25) is 0 Å². The molecule has 6 nitrogen and oxygen atoms in total. The fraction of sp³-hybridized carbons (Fsp3) is 0.250. The standard InChI is InChI=1S/C32H29F2NO5S/c1-4-39-30(36)32(15-16-32)23-10-5-21(6-11-23)25-14-9-22(17-27(25)38-3)29-26(18-28(34)41-29)35-31(37)40-19(2)20-7-12-24(33)13-8-20/h5-14,17-19H,4,15-16H2,1-3H3,(H,35,37). The Morgan fingerprint density at radius 1 is 0.976 bits per heavy atom. The largest absolute Gasteiger partial charge is 0.496 e. The number of methoxy groups -OCH3 is 1. The van der Waals surface area contributed by atoms with Gasteiger partial charge in [-0.15, -0.1) is 11.3 Å². The van der Waals surface area contributed by atoms with Crippen LogP contribution in [0.5, 0.6) is 5.75 Å². The van der Waals surface area contributed by atoms with Crippen LogP contribution in [0.4, 0.5) is 19.3 Å². The topological polar surface area (TPSA) is 73.9 Å². The molecule has 0 radical (unpaired) electrons. The van der Waals surface area contributed by atoms with E-state index < -0.39 is 22.7 Å². The van der Waals surface area contributed by atoms with Gasteiger partial charge in [0.1, 0.15) is 17.7 Å². The van der Waals surface area contributed by atoms with Crippen LogP contribution in [0.15, 0.2) is 72.8 Å². The third kappa shape index (κ3) is 5.95. The molecule has 1 aliphatic carbocycles. The second kappa shape index (κ2) is 11.7. The summed E-state index contributed by atoms with van der Waals surface area (Å²) in [7, 11) is 1.55. The molecule has 1 unspecified atom stereocenters. The van der Waals surface area contributed by atoms with Gasteiger partial charge in [-0.25, -0.2) is 9.18 Å². The van der Waals surface area contributed by atoms with E-state index in [1.165, 1.54) is 30.3 Å². The number of rotatable bonds is 9. The average Bonchev–Trinajstić information content (AvgIpc) is 3.70. The molecule has 1 amide bonds. The van der Waals surface area contributed by atoms with E-state index in [9.17, 15) is 18.4 Å². The first-order valence-corrected chi connectivity index (χ1v) is 14.0. The van der Waals surface area contributed by atoms with Crippen molar-refractivity contribution in [3.8, 4) is 27.3 Å². The van der Waals surface area contributed by atoms with Gasteiger partial charge in [-0.3, -0.25) is 10.1 Å². The molecule has 212 valence electrons. The molecule has 0 saturated heterocycles. The molecule has 5 rings (SSSR count). The van der Waals surface area contributed by atoms with Crippen LogP contribution in [0.1, 0.15) is 43.9 Å². The highest BCUT2D eigenvalue weighted by Gasteiger charge is 2.52. The molecule has 1 N–H and O–H groups in total. The summed E-state index contributed by atoms with van der Waals surface area (Å²) in [5.41, 5.74) is 3.63. The third-order valence-electron chi connectivity index (χ3n) is 7.19. The number of thiophene rings is 1. The summed E-state index contributed by atoms with van der Waals surface area (Å²) in [5.74, 6) is -0.00647. The van der Waals surface area contributed by atoms with Crippen molar-refractivity contribution in [2.24, 2.45) is 0 Å². The van der Waals surface area contributed by atoms with E-state index in [2.05, 4.69) is 5.32 Å². The number of nitrogens with one attached hydrogen (secondary N) is 1. The fourth-order valence-electron chi connectivity index (χ4n) is 4.81. The molecule has 0 aliphatic heterocycles. The van der Waals surface area contributed by atoms with E-state index >= 15 is 0 Å². The van der Waals surface area contributed by atoms with Crippen molar-refractivity contribution in [1.82, 2.24) is 0 Å². The summed E-state index contributed by atoms with van der Waals surface area (Å²) in [4.78, 5) is 25.6. The molecule has 1 atom stereocenters. The highest BCUT2D eigenvalue weighted by molar-refractivity contribution is 7.14. The lowest BCUT2D eigenvalue weighted by atomic mass is 9.93. The second-order valence-electron chi connectivity index (χ2n) is 9.81. The summed E-state index contributed by atoms with van der Waals surface area (Å²) in [6.07, 6.45) is 0.145. The predicted octanol–water partition coefficient (Wildman–Crippen LogP) is 8.27. The van der Waals surface area contributed by atoms with E-state index in [4.69, 9.17) is 14.2 Å². The van der Waals surface area contributed by atoms with E-state index in [0.717, 1.165) is 40.9 Å². The van der Waals surface area contributed by atoms with Gasteiger partial charge in [-0.1, -0.05) is 48.5 Å². The average molecular weight is 578 g/mol. The minimum absolute atomic E-state index is 0.184. The van der Waals surface area contributed by atoms with E-state index in [0.29, 0.717) is 28.4 Å². The Balaban J connectivity index is 1.34. The van der Waals surface area contributed by atoms with Gasteiger partial charge in [0.15, 0.2) is 5.13 Å². The molecule has 41 heavy (non-hydrogen) atoms. The number of amides is 1. The Morgan fingerprint density at radius 2 is 1.66 bits per heavy atom. The normalized spacial score (nSPS) is 14.2. The number of carbonyl (C=O) groups excluding carboxylic acids is 2. The molecule has 0 spiro atoms. The number of benzene rings is 3. The van der Waals surface area contributed by atoms with Crippen molar-refractivity contribution in [2.45, 2.75) is 38.2 Å². The van der Waals surface area contributed by atoms with Gasteiger partial charge in [-0.05, 0) is 67.1 Å². The van der Waals surface area contributed by atoms with E-state index in [1.807, 2.05) is 36.4 Å². The van der Waals surface area contributed by atoms with Crippen LogP contribution in [-0.4, -0.2) is 25.8 Å². The molecule has 3 aromatic carbocycles. The maximum atomic E-state index is 14.4. The summed E-state index contributed by atoms with van der Waals surface area (Å²) in [6, 6.07) is 20.2. The smallest absolute Gasteiger partial charge is 0.412 e. The number of hydrogen-bond donors (Lipinski definition) is 1. The monoisotopic (exact) mass is 577 g/mol. The molecular formula is C32H29F2NO5S. The summed E-state index contributed by atoms with van der Waals surface area (Å²) in [6.45, 7) is 3.82. The Morgan fingerprint density at radius 3 is 2.29 bits per heavy atom. The molecule has 1 fully saturated rings. The third-order valence-corrected chi connectivity index (χ3v) is 8.16. The number of hydrogen-bond acceptors (Lipinski definition) is 6. The van der Waals surface area contributed by atoms with Crippen molar-refractivity contribution >= 4 is 29.1 Å². The Labute approximate surface area is 240 Å². The van der Waals surface area contributed by atoms with Gasteiger partial charge >= 0.3 is 12.1 Å². The Bertz CT molecular complexity index is 1560. The minimum Gasteiger partial charge on any atom is -0.496 e. The highest BCUT2D eigenvalue weighted by atomic mass is 32.1. The molecule has 0 bridgehead atoms. The van der Waals surface area contributed by atoms with Crippen molar-refractivity contribution in [2.75, 3.05) is 19.0 Å². The maximum absolute atomic E-state index is 14.4. The predicted molar refractivity (Wildman–Crippen MR) is 154 cm³/mol. The van der Waals surface area contributed by atoms with E-state index in [-0.39, 0.29) is 17.5 Å². The lowest BCUT2D eigenvalue weighted by molar-refractivity contribution is -0.146. The first-order valence-electron chi connectivity index (χ1n) is 13.2. The van der Waals surface area contributed by atoms with Crippen molar-refractivity contribution < 1.29 is 32.6 Å². The highest BCUT2D eigenvalue weighted by Crippen LogP contribution is 2.50. The van der Waals surface area contributed by atoms with Gasteiger partial charge in [0.25, 0.3) is 0 Å². The van der Waals surface area contributed by atoms with Crippen LogP contribution in [0.25, 0.3) is 21.6 Å².